The summed E-state index contributed by atoms with van der Waals surface area (Å²) in [6, 6.07) is 7.44. The van der Waals surface area contributed by atoms with Gasteiger partial charge in [0.15, 0.2) is 10.9 Å². The summed E-state index contributed by atoms with van der Waals surface area (Å²) in [6.07, 6.45) is 10.9. The smallest absolute Gasteiger partial charge is 0.283 e. The molecule has 2 aromatic rings. The summed E-state index contributed by atoms with van der Waals surface area (Å²) in [5.74, 6) is 4.14. The number of carbonyl (C=O) groups excluding carboxylic acids is 1. The normalized spacial score (nSPS) is 33.0. The number of amides is 1. The number of furan rings is 2. The number of thioether (sulfide) groups is 2. The Morgan fingerprint density at radius 2 is 1.94 bits per heavy atom. The van der Waals surface area contributed by atoms with Crippen molar-refractivity contribution < 1.29 is 13.6 Å². The Kier molecular flexibility index (Phi) is 4.74. The number of carbonyl (C=O) groups is 1. The van der Waals surface area contributed by atoms with Gasteiger partial charge in [-0.05, 0) is 98.4 Å². The first-order valence-electron chi connectivity index (χ1n) is 11.8. The molecule has 4 aliphatic carbocycles. The Balaban J connectivity index is 1.12. The van der Waals surface area contributed by atoms with Gasteiger partial charge in [0.05, 0.1) is 17.6 Å². The molecular weight excluding hydrogens is 468 g/mol. The molecule has 1 N–H and O–H groups in total. The van der Waals surface area contributed by atoms with Crippen molar-refractivity contribution in [3.63, 3.8) is 0 Å². The van der Waals surface area contributed by atoms with Crippen molar-refractivity contribution in [2.24, 2.45) is 33.3 Å². The molecule has 174 valence electrons. The fourth-order valence-corrected chi connectivity index (χ4v) is 8.63. The number of hydrogen-bond donors (Lipinski definition) is 1. The van der Waals surface area contributed by atoms with E-state index in [9.17, 15) is 4.79 Å². The van der Waals surface area contributed by atoms with Gasteiger partial charge in [0.25, 0.3) is 5.91 Å². The van der Waals surface area contributed by atoms with Gasteiger partial charge in [0, 0.05) is 5.41 Å². The number of nitrogens with zero attached hydrogens (tertiary/aromatic N) is 3. The van der Waals surface area contributed by atoms with E-state index < -0.39 is 5.91 Å². The van der Waals surface area contributed by atoms with Gasteiger partial charge in [-0.1, -0.05) is 11.8 Å². The molecule has 0 radical (unpaired) electrons. The summed E-state index contributed by atoms with van der Waals surface area (Å²) in [5, 5.41) is 17.5. The second-order valence-corrected chi connectivity index (χ2v) is 12.1. The minimum Gasteiger partial charge on any atom is -0.468 e. The van der Waals surface area contributed by atoms with Crippen molar-refractivity contribution >= 4 is 51.6 Å². The second kappa shape index (κ2) is 7.75. The fraction of sp³-hybridized carbons (Fsp3) is 0.440. The van der Waals surface area contributed by atoms with Crippen LogP contribution >= 0.6 is 23.5 Å². The van der Waals surface area contributed by atoms with Crippen molar-refractivity contribution in [3.05, 3.63) is 47.6 Å². The lowest BCUT2D eigenvalue weighted by Crippen LogP contribution is -2.49. The first-order chi connectivity index (χ1) is 16.5. The van der Waals surface area contributed by atoms with Gasteiger partial charge in [-0.15, -0.1) is 0 Å². The molecule has 4 fully saturated rings. The average Bonchev–Trinajstić information content (AvgIpc) is 3.55. The quantitative estimate of drug-likeness (QED) is 0.406. The molecule has 2 aromatic heterocycles. The highest BCUT2D eigenvalue weighted by atomic mass is 32.2. The van der Waals surface area contributed by atoms with E-state index in [4.69, 9.17) is 19.3 Å². The van der Waals surface area contributed by atoms with Crippen LogP contribution in [0.15, 0.2) is 60.1 Å². The molecule has 0 spiro atoms. The molecule has 6 aliphatic rings. The van der Waals surface area contributed by atoms with Crippen molar-refractivity contribution in [1.82, 2.24) is 5.01 Å². The molecule has 4 bridgehead atoms. The van der Waals surface area contributed by atoms with Gasteiger partial charge in [0.2, 0.25) is 5.17 Å². The Labute approximate surface area is 205 Å². The number of nitrogens with one attached hydrogen (secondary N) is 1. The standard InChI is InChI=1S/C25H24N4O3S2/c26-21-19(9-17-3-4-20(32-17)33-13-18-2-1-5-31-18)22(30)27-24-29(21)28-23(34-24)25-10-14-6-15(11-25)8-16(7-14)12-25/h1-5,9,14-16,26H,6-8,10-13H2/b19-9-,26-21?. The van der Waals surface area contributed by atoms with Gasteiger partial charge in [-0.3, -0.25) is 10.2 Å². The second-order valence-electron chi connectivity index (χ2n) is 10.1. The van der Waals surface area contributed by atoms with E-state index in [1.165, 1.54) is 62.0 Å². The zero-order valence-corrected chi connectivity index (χ0v) is 20.2. The number of hydrazone groups is 1. The van der Waals surface area contributed by atoms with Crippen LogP contribution in [0.5, 0.6) is 0 Å². The van der Waals surface area contributed by atoms with Crippen molar-refractivity contribution in [3.8, 4) is 0 Å². The van der Waals surface area contributed by atoms with Crippen LogP contribution < -0.4 is 0 Å². The molecule has 0 atom stereocenters. The summed E-state index contributed by atoms with van der Waals surface area (Å²) in [6.45, 7) is 0. The van der Waals surface area contributed by atoms with Crippen LogP contribution in [0.1, 0.15) is 50.0 Å². The molecule has 4 saturated carbocycles. The molecule has 9 heteroatoms. The van der Waals surface area contributed by atoms with Gasteiger partial charge in [0.1, 0.15) is 16.6 Å². The van der Waals surface area contributed by atoms with Gasteiger partial charge >= 0.3 is 0 Å². The number of rotatable bonds is 5. The molecule has 8 rings (SSSR count). The maximum atomic E-state index is 12.8. The molecule has 0 saturated heterocycles. The predicted octanol–water partition coefficient (Wildman–Crippen LogP) is 6.00. The van der Waals surface area contributed by atoms with Crippen molar-refractivity contribution in [2.75, 3.05) is 0 Å². The highest BCUT2D eigenvalue weighted by molar-refractivity contribution is 8.27. The van der Waals surface area contributed by atoms with Crippen LogP contribution in [0.3, 0.4) is 0 Å². The van der Waals surface area contributed by atoms with E-state index in [-0.39, 0.29) is 16.8 Å². The molecule has 7 nitrogen and oxygen atoms in total. The lowest BCUT2D eigenvalue weighted by molar-refractivity contribution is -0.114. The number of amidine groups is 2. The van der Waals surface area contributed by atoms with E-state index in [2.05, 4.69) is 4.99 Å². The van der Waals surface area contributed by atoms with E-state index in [0.717, 1.165) is 33.6 Å². The van der Waals surface area contributed by atoms with Crippen LogP contribution in [0, 0.1) is 28.6 Å². The first-order valence-corrected chi connectivity index (χ1v) is 13.6. The maximum Gasteiger partial charge on any atom is 0.283 e. The summed E-state index contributed by atoms with van der Waals surface area (Å²) in [7, 11) is 0. The third-order valence-corrected chi connectivity index (χ3v) is 9.86. The fourth-order valence-electron chi connectivity index (χ4n) is 6.75. The molecule has 34 heavy (non-hydrogen) atoms. The summed E-state index contributed by atoms with van der Waals surface area (Å²) >= 11 is 3.02. The van der Waals surface area contributed by atoms with Gasteiger partial charge in [-0.25, -0.2) is 0 Å². The Hall–Kier alpha value is -2.52. The predicted molar refractivity (Wildman–Crippen MR) is 133 cm³/mol. The van der Waals surface area contributed by atoms with Crippen LogP contribution in [-0.4, -0.2) is 27.0 Å². The van der Waals surface area contributed by atoms with Crippen LogP contribution in [0.2, 0.25) is 0 Å². The molecule has 0 unspecified atom stereocenters. The summed E-state index contributed by atoms with van der Waals surface area (Å²) < 4.78 is 11.2. The highest BCUT2D eigenvalue weighted by Crippen LogP contribution is 2.62. The molecule has 4 heterocycles. The van der Waals surface area contributed by atoms with E-state index in [1.54, 1.807) is 23.4 Å². The van der Waals surface area contributed by atoms with Gasteiger partial charge in [-0.2, -0.15) is 15.1 Å². The third kappa shape index (κ3) is 3.43. The van der Waals surface area contributed by atoms with Crippen LogP contribution in [-0.2, 0) is 10.5 Å². The van der Waals surface area contributed by atoms with Crippen molar-refractivity contribution in [1.29, 1.82) is 5.41 Å². The van der Waals surface area contributed by atoms with Gasteiger partial charge < -0.3 is 8.83 Å². The first kappa shape index (κ1) is 20.8. The zero-order valence-electron chi connectivity index (χ0n) is 18.5. The topological polar surface area (TPSA) is 95.2 Å². The molecule has 1 amide bonds. The Morgan fingerprint density at radius 3 is 2.65 bits per heavy atom. The molecule has 0 aromatic carbocycles. The van der Waals surface area contributed by atoms with E-state index in [1.807, 2.05) is 18.2 Å². The number of aliphatic imine (C=N–C) groups is 1. The SMILES string of the molecule is N=C1/C(=C/c2ccc(SCc3ccco3)o2)C(=O)N=C2SC(C34CC5CC(CC(C5)C3)C4)=NN12. The number of fused-ring (bicyclic) bond motifs is 1. The van der Waals surface area contributed by atoms with Crippen LogP contribution in [0.4, 0.5) is 0 Å². The minimum atomic E-state index is -0.410. The highest BCUT2D eigenvalue weighted by Gasteiger charge is 2.55. The van der Waals surface area contributed by atoms with E-state index in [0.29, 0.717) is 16.7 Å². The number of hydrogen-bond acceptors (Lipinski definition) is 7. The Morgan fingerprint density at radius 1 is 1.18 bits per heavy atom. The lowest BCUT2D eigenvalue weighted by atomic mass is 9.50. The summed E-state index contributed by atoms with van der Waals surface area (Å²) in [5.41, 5.74) is 0.324. The van der Waals surface area contributed by atoms with Crippen LogP contribution in [0.25, 0.3) is 6.08 Å². The maximum absolute atomic E-state index is 12.8. The third-order valence-electron chi connectivity index (χ3n) is 7.77. The Bertz CT molecular complexity index is 1240. The largest absolute Gasteiger partial charge is 0.468 e. The minimum absolute atomic E-state index is 0.0726. The summed E-state index contributed by atoms with van der Waals surface area (Å²) in [4.78, 5) is 17.2. The van der Waals surface area contributed by atoms with E-state index >= 15 is 0 Å². The zero-order chi connectivity index (χ0) is 22.9. The molecular formula is C25H24N4O3S2. The van der Waals surface area contributed by atoms with Crippen molar-refractivity contribution in [2.45, 2.75) is 49.4 Å². The lowest BCUT2D eigenvalue weighted by Gasteiger charge is -2.56. The monoisotopic (exact) mass is 492 g/mol. The average molecular weight is 493 g/mol. The molecule has 2 aliphatic heterocycles.